The molecule has 2 nitrogen and oxygen atoms in total. The van der Waals surface area contributed by atoms with Gasteiger partial charge in [0.15, 0.2) is 0 Å². The number of hydrogen-bond donors (Lipinski definition) is 1. The summed E-state index contributed by atoms with van der Waals surface area (Å²) in [7, 11) is 0. The topological polar surface area (TPSA) is 24.9 Å². The van der Waals surface area contributed by atoms with Crippen molar-refractivity contribution in [2.75, 3.05) is 5.32 Å². The molecule has 0 unspecified atom stereocenters. The van der Waals surface area contributed by atoms with Gasteiger partial charge in [0.25, 0.3) is 0 Å². The number of benzene rings is 2. The Kier molecular flexibility index (Phi) is 3.64. The maximum absolute atomic E-state index is 4.48. The number of para-hydroxylation sites is 1. The van der Waals surface area contributed by atoms with Gasteiger partial charge in [-0.25, -0.2) is 0 Å². The lowest BCUT2D eigenvalue weighted by atomic mass is 10.1. The molecule has 0 atom stereocenters. The Hall–Kier alpha value is -2.35. The smallest absolute Gasteiger partial charge is 0.0751 e. The molecule has 0 saturated carbocycles. The van der Waals surface area contributed by atoms with E-state index in [0.717, 1.165) is 24.2 Å². The van der Waals surface area contributed by atoms with Crippen molar-refractivity contribution in [1.29, 1.82) is 0 Å². The molecule has 1 heterocycles. The lowest BCUT2D eigenvalue weighted by molar-refractivity contribution is 1.12. The van der Waals surface area contributed by atoms with Crippen molar-refractivity contribution in [3.05, 3.63) is 71.9 Å². The van der Waals surface area contributed by atoms with E-state index in [9.17, 15) is 0 Å². The molecule has 0 bridgehead atoms. The summed E-state index contributed by atoms with van der Waals surface area (Å²) in [5.41, 5.74) is 4.81. The van der Waals surface area contributed by atoms with Gasteiger partial charge < -0.3 is 5.32 Å². The molecule has 0 radical (unpaired) electrons. The summed E-state index contributed by atoms with van der Waals surface area (Å²) in [5, 5.41) is 4.65. The number of rotatable bonds is 4. The first-order valence-electron chi connectivity index (χ1n) is 7.02. The number of aryl methyl sites for hydroxylation is 1. The van der Waals surface area contributed by atoms with Gasteiger partial charge in [-0.05, 0) is 35.7 Å². The molecule has 20 heavy (non-hydrogen) atoms. The fourth-order valence-corrected chi connectivity index (χ4v) is 2.37. The minimum Gasteiger partial charge on any atom is -0.381 e. The number of hydrogen-bond acceptors (Lipinski definition) is 2. The molecule has 3 aromatic rings. The van der Waals surface area contributed by atoms with E-state index in [1.54, 1.807) is 0 Å². The Morgan fingerprint density at radius 3 is 2.55 bits per heavy atom. The minimum atomic E-state index is 0.791. The van der Waals surface area contributed by atoms with E-state index in [1.807, 2.05) is 12.3 Å². The Morgan fingerprint density at radius 2 is 1.75 bits per heavy atom. The van der Waals surface area contributed by atoms with E-state index in [4.69, 9.17) is 0 Å². The molecule has 100 valence electrons. The van der Waals surface area contributed by atoms with Crippen molar-refractivity contribution < 1.29 is 0 Å². The van der Waals surface area contributed by atoms with Crippen molar-refractivity contribution in [2.24, 2.45) is 0 Å². The van der Waals surface area contributed by atoms with E-state index in [-0.39, 0.29) is 0 Å². The highest BCUT2D eigenvalue weighted by Crippen LogP contribution is 2.18. The molecule has 0 aliphatic rings. The Labute approximate surface area is 119 Å². The van der Waals surface area contributed by atoms with Gasteiger partial charge in [-0.15, -0.1) is 0 Å². The van der Waals surface area contributed by atoms with Crippen molar-refractivity contribution in [3.8, 4) is 0 Å². The average Bonchev–Trinajstić information content (AvgIpc) is 2.53. The van der Waals surface area contributed by atoms with E-state index in [0.29, 0.717) is 0 Å². The van der Waals surface area contributed by atoms with Crippen LogP contribution in [0.25, 0.3) is 10.9 Å². The molecular weight excluding hydrogens is 244 g/mol. The third-order valence-corrected chi connectivity index (χ3v) is 3.56. The second kappa shape index (κ2) is 5.74. The van der Waals surface area contributed by atoms with Gasteiger partial charge in [-0.1, -0.05) is 43.3 Å². The maximum Gasteiger partial charge on any atom is 0.0751 e. The lowest BCUT2D eigenvalue weighted by Crippen LogP contribution is -2.00. The first-order valence-corrected chi connectivity index (χ1v) is 7.02. The minimum absolute atomic E-state index is 0.791. The van der Waals surface area contributed by atoms with Crippen molar-refractivity contribution >= 4 is 16.6 Å². The summed E-state index contributed by atoms with van der Waals surface area (Å²) in [6.07, 6.45) is 2.93. The number of fused-ring (bicyclic) bond motifs is 1. The van der Waals surface area contributed by atoms with Crippen LogP contribution in [0.5, 0.6) is 0 Å². The molecule has 1 N–H and O–H groups in total. The van der Waals surface area contributed by atoms with Gasteiger partial charge in [0.05, 0.1) is 5.52 Å². The SMILES string of the molecule is CCc1ccc(NCc2cccc3cccnc23)cc1. The predicted molar refractivity (Wildman–Crippen MR) is 84.9 cm³/mol. The molecule has 2 aromatic carbocycles. The Balaban J connectivity index is 1.79. The van der Waals surface area contributed by atoms with Crippen LogP contribution < -0.4 is 5.32 Å². The molecule has 0 aliphatic heterocycles. The highest BCUT2D eigenvalue weighted by atomic mass is 14.9. The van der Waals surface area contributed by atoms with Crippen LogP contribution in [0.1, 0.15) is 18.1 Å². The van der Waals surface area contributed by atoms with Crippen LogP contribution in [0, 0.1) is 0 Å². The van der Waals surface area contributed by atoms with Crippen LogP contribution in [0.2, 0.25) is 0 Å². The second-order valence-corrected chi connectivity index (χ2v) is 4.90. The van der Waals surface area contributed by atoms with Crippen LogP contribution >= 0.6 is 0 Å². The van der Waals surface area contributed by atoms with Crippen LogP contribution in [0.15, 0.2) is 60.8 Å². The molecule has 0 saturated heterocycles. The van der Waals surface area contributed by atoms with Crippen molar-refractivity contribution in [2.45, 2.75) is 19.9 Å². The molecule has 3 rings (SSSR count). The highest BCUT2D eigenvalue weighted by molar-refractivity contribution is 5.81. The van der Waals surface area contributed by atoms with Crippen molar-refractivity contribution in [3.63, 3.8) is 0 Å². The number of aromatic nitrogens is 1. The number of pyridine rings is 1. The molecule has 2 heteroatoms. The zero-order valence-corrected chi connectivity index (χ0v) is 11.6. The molecule has 1 aromatic heterocycles. The van der Waals surface area contributed by atoms with Gasteiger partial charge >= 0.3 is 0 Å². The zero-order chi connectivity index (χ0) is 13.8. The first-order chi connectivity index (χ1) is 9.86. The number of anilines is 1. The zero-order valence-electron chi connectivity index (χ0n) is 11.6. The average molecular weight is 262 g/mol. The van der Waals surface area contributed by atoms with E-state index < -0.39 is 0 Å². The number of nitrogens with one attached hydrogen (secondary N) is 1. The summed E-state index contributed by atoms with van der Waals surface area (Å²) >= 11 is 0. The molecular formula is C18H18N2. The fourth-order valence-electron chi connectivity index (χ4n) is 2.37. The Bertz CT molecular complexity index is 697. The quantitative estimate of drug-likeness (QED) is 0.753. The van der Waals surface area contributed by atoms with Gasteiger partial charge in [0, 0.05) is 23.8 Å². The van der Waals surface area contributed by atoms with Crippen LogP contribution in [-0.4, -0.2) is 4.98 Å². The molecule has 0 amide bonds. The summed E-state index contributed by atoms with van der Waals surface area (Å²) in [6, 6.07) is 19.0. The summed E-state index contributed by atoms with van der Waals surface area (Å²) in [4.78, 5) is 4.48. The number of nitrogens with zero attached hydrogens (tertiary/aromatic N) is 1. The summed E-state index contributed by atoms with van der Waals surface area (Å²) in [5.74, 6) is 0. The van der Waals surface area contributed by atoms with Crippen LogP contribution in [0.4, 0.5) is 5.69 Å². The largest absolute Gasteiger partial charge is 0.381 e. The lowest BCUT2D eigenvalue weighted by Gasteiger charge is -2.09. The molecule has 0 spiro atoms. The summed E-state index contributed by atoms with van der Waals surface area (Å²) < 4.78 is 0. The van der Waals surface area contributed by atoms with E-state index >= 15 is 0 Å². The van der Waals surface area contributed by atoms with Gasteiger partial charge in [0.2, 0.25) is 0 Å². The molecule has 0 aliphatic carbocycles. The van der Waals surface area contributed by atoms with E-state index in [1.165, 1.54) is 16.5 Å². The van der Waals surface area contributed by atoms with Crippen LogP contribution in [-0.2, 0) is 13.0 Å². The Morgan fingerprint density at radius 1 is 0.950 bits per heavy atom. The first kappa shape index (κ1) is 12.7. The van der Waals surface area contributed by atoms with Crippen LogP contribution in [0.3, 0.4) is 0 Å². The monoisotopic (exact) mass is 262 g/mol. The third-order valence-electron chi connectivity index (χ3n) is 3.56. The highest BCUT2D eigenvalue weighted by Gasteiger charge is 2.01. The third kappa shape index (κ3) is 2.64. The van der Waals surface area contributed by atoms with Gasteiger partial charge in [0.1, 0.15) is 0 Å². The summed E-state index contributed by atoms with van der Waals surface area (Å²) in [6.45, 7) is 2.96. The maximum atomic E-state index is 4.48. The standard InChI is InChI=1S/C18H18N2/c1-2-14-8-10-17(11-9-14)20-13-16-6-3-5-15-7-4-12-19-18(15)16/h3-12,20H,2,13H2,1H3. The molecule has 0 fully saturated rings. The van der Waals surface area contributed by atoms with Gasteiger partial charge in [-0.2, -0.15) is 0 Å². The van der Waals surface area contributed by atoms with Crippen molar-refractivity contribution in [1.82, 2.24) is 4.98 Å². The fraction of sp³-hybridized carbons (Fsp3) is 0.167. The normalized spacial score (nSPS) is 10.7. The van der Waals surface area contributed by atoms with E-state index in [2.05, 4.69) is 65.8 Å². The second-order valence-electron chi connectivity index (χ2n) is 4.90. The predicted octanol–water partition coefficient (Wildman–Crippen LogP) is 4.41. The van der Waals surface area contributed by atoms with Gasteiger partial charge in [-0.3, -0.25) is 4.98 Å².